The second-order valence-electron chi connectivity index (χ2n) is 7.67. The number of nitrogens with zero attached hydrogens (tertiary/aromatic N) is 2. The molecule has 1 aromatic carbocycles. The number of carbonyl (C=O) groups is 2. The number of hydrogen-bond acceptors (Lipinski definition) is 5. The first-order chi connectivity index (χ1) is 12.5. The van der Waals surface area contributed by atoms with Crippen LogP contribution in [0.1, 0.15) is 28.8 Å². The smallest absolute Gasteiger partial charge is 0.248 e. The number of benzene rings is 1. The van der Waals surface area contributed by atoms with E-state index in [9.17, 15) is 14.7 Å². The predicted octanol–water partition coefficient (Wildman–Crippen LogP) is -0.0336. The summed E-state index contributed by atoms with van der Waals surface area (Å²) >= 11 is 0. The largest absolute Gasteiger partial charge is 0.389 e. The van der Waals surface area contributed by atoms with Crippen molar-refractivity contribution >= 4 is 11.8 Å². The van der Waals surface area contributed by atoms with Gasteiger partial charge in [-0.2, -0.15) is 0 Å². The van der Waals surface area contributed by atoms with Crippen molar-refractivity contribution in [1.82, 2.24) is 9.80 Å². The SMILES string of the molecule is COCC(=O)N1CC2C[C@@H]3C1[C@@H](O)[C@H](C2)N3Cc1cccc(C(N)=O)c1. The number of piperidine rings is 2. The number of aliphatic hydroxyl groups excluding tert-OH is 1. The highest BCUT2D eigenvalue weighted by atomic mass is 16.5. The highest BCUT2D eigenvalue weighted by Gasteiger charge is 2.58. The van der Waals surface area contributed by atoms with Crippen molar-refractivity contribution in [3.8, 4) is 0 Å². The van der Waals surface area contributed by atoms with Crippen molar-refractivity contribution < 1.29 is 19.4 Å². The van der Waals surface area contributed by atoms with Gasteiger partial charge in [0, 0.05) is 37.8 Å². The molecular weight excluding hydrogens is 334 g/mol. The number of aliphatic hydroxyl groups is 1. The molecule has 3 N–H and O–H groups in total. The highest BCUT2D eigenvalue weighted by Crippen LogP contribution is 2.46. The van der Waals surface area contributed by atoms with Crippen LogP contribution < -0.4 is 5.73 Å². The van der Waals surface area contributed by atoms with Crippen LogP contribution in [-0.4, -0.2) is 71.2 Å². The van der Waals surface area contributed by atoms with E-state index in [0.29, 0.717) is 24.6 Å². The zero-order valence-corrected chi connectivity index (χ0v) is 14.9. The molecule has 2 amide bonds. The summed E-state index contributed by atoms with van der Waals surface area (Å²) < 4.78 is 5.02. The molecule has 0 aromatic heterocycles. The van der Waals surface area contributed by atoms with Crippen LogP contribution in [-0.2, 0) is 16.1 Å². The summed E-state index contributed by atoms with van der Waals surface area (Å²) in [5.74, 6) is -0.0687. The van der Waals surface area contributed by atoms with Crippen molar-refractivity contribution in [2.75, 3.05) is 20.3 Å². The van der Waals surface area contributed by atoms with E-state index in [2.05, 4.69) is 4.90 Å². The Morgan fingerprint density at radius 2 is 2.08 bits per heavy atom. The minimum absolute atomic E-state index is 0.0429. The maximum Gasteiger partial charge on any atom is 0.248 e. The third kappa shape index (κ3) is 2.80. The second-order valence-corrected chi connectivity index (χ2v) is 7.67. The van der Waals surface area contributed by atoms with E-state index in [-0.39, 0.29) is 30.6 Å². The van der Waals surface area contributed by atoms with E-state index in [1.807, 2.05) is 23.1 Å². The van der Waals surface area contributed by atoms with Crippen LogP contribution in [0.3, 0.4) is 0 Å². The number of fused-ring (bicyclic) bond motifs is 2. The summed E-state index contributed by atoms with van der Waals surface area (Å²) in [7, 11) is 1.52. The van der Waals surface area contributed by atoms with Gasteiger partial charge in [-0.05, 0) is 36.5 Å². The molecule has 5 atom stereocenters. The Kier molecular flexibility index (Phi) is 4.46. The van der Waals surface area contributed by atoms with Crippen LogP contribution in [0.5, 0.6) is 0 Å². The van der Waals surface area contributed by atoms with Gasteiger partial charge in [0.05, 0.1) is 12.1 Å². The van der Waals surface area contributed by atoms with Gasteiger partial charge in [-0.1, -0.05) is 12.1 Å². The Morgan fingerprint density at radius 3 is 2.81 bits per heavy atom. The first kappa shape index (κ1) is 17.5. The number of primary amides is 1. The third-order valence-corrected chi connectivity index (χ3v) is 6.12. The lowest BCUT2D eigenvalue weighted by molar-refractivity contribution is -0.143. The second kappa shape index (κ2) is 6.64. The quantitative estimate of drug-likeness (QED) is 0.769. The van der Waals surface area contributed by atoms with Crippen molar-refractivity contribution in [1.29, 1.82) is 0 Å². The number of amides is 2. The van der Waals surface area contributed by atoms with Crippen LogP contribution in [0.2, 0.25) is 0 Å². The minimum Gasteiger partial charge on any atom is -0.389 e. The molecule has 2 unspecified atom stereocenters. The third-order valence-electron chi connectivity index (χ3n) is 6.12. The molecular formula is C19H25N3O4. The Hall–Kier alpha value is -1.96. The van der Waals surface area contributed by atoms with Gasteiger partial charge < -0.3 is 20.5 Å². The summed E-state index contributed by atoms with van der Waals surface area (Å²) in [6.45, 7) is 1.40. The Morgan fingerprint density at radius 1 is 1.31 bits per heavy atom. The number of likely N-dealkylation sites (tertiary alicyclic amines) is 1. The van der Waals surface area contributed by atoms with Crippen LogP contribution in [0.25, 0.3) is 0 Å². The molecule has 3 saturated heterocycles. The normalized spacial score (nSPS) is 32.8. The lowest BCUT2D eigenvalue weighted by Gasteiger charge is -2.46. The Balaban J connectivity index is 1.58. The molecule has 0 saturated carbocycles. The zero-order chi connectivity index (χ0) is 18.4. The minimum atomic E-state index is -0.548. The van der Waals surface area contributed by atoms with E-state index in [4.69, 9.17) is 10.5 Å². The van der Waals surface area contributed by atoms with E-state index >= 15 is 0 Å². The molecule has 140 valence electrons. The van der Waals surface area contributed by atoms with E-state index in [1.165, 1.54) is 7.11 Å². The molecule has 7 heteroatoms. The van der Waals surface area contributed by atoms with Gasteiger partial charge in [0.1, 0.15) is 6.61 Å². The molecule has 3 aliphatic heterocycles. The fourth-order valence-electron chi connectivity index (χ4n) is 5.11. The zero-order valence-electron chi connectivity index (χ0n) is 14.9. The van der Waals surface area contributed by atoms with Crippen molar-refractivity contribution in [2.24, 2.45) is 11.7 Å². The fraction of sp³-hybridized carbons (Fsp3) is 0.579. The average Bonchev–Trinajstić information content (AvgIpc) is 2.74. The topological polar surface area (TPSA) is 96.1 Å². The number of carbonyl (C=O) groups excluding carboxylic acids is 2. The number of hydrogen-bond donors (Lipinski definition) is 2. The summed E-state index contributed by atoms with van der Waals surface area (Å²) in [6, 6.07) is 7.33. The number of methoxy groups -OCH3 is 1. The van der Waals surface area contributed by atoms with Gasteiger partial charge in [0.15, 0.2) is 0 Å². The average molecular weight is 359 g/mol. The summed E-state index contributed by atoms with van der Waals surface area (Å²) in [5.41, 5.74) is 6.88. The number of nitrogens with two attached hydrogens (primary N) is 1. The molecule has 3 aliphatic rings. The Bertz CT molecular complexity index is 724. The van der Waals surface area contributed by atoms with Gasteiger partial charge in [-0.3, -0.25) is 14.5 Å². The van der Waals surface area contributed by atoms with Crippen molar-refractivity contribution in [3.05, 3.63) is 35.4 Å². The molecule has 0 radical (unpaired) electrons. The van der Waals surface area contributed by atoms with Gasteiger partial charge >= 0.3 is 0 Å². The van der Waals surface area contributed by atoms with Crippen LogP contribution in [0.15, 0.2) is 24.3 Å². The standard InChI is InChI=1S/C19H25N3O4/c1-26-10-16(23)22-9-12-6-14-17(22)18(24)15(7-12)21(14)8-11-3-2-4-13(5-11)19(20)25/h2-5,12,14-15,17-18,24H,6-10H2,1H3,(H2,20,25)/t12?,14-,15+,17?,18+/m1/s1. The van der Waals surface area contributed by atoms with Gasteiger partial charge in [-0.25, -0.2) is 0 Å². The summed E-state index contributed by atoms with van der Waals surface area (Å²) in [5, 5.41) is 10.9. The predicted molar refractivity (Wildman–Crippen MR) is 94.2 cm³/mol. The van der Waals surface area contributed by atoms with Crippen LogP contribution in [0, 0.1) is 5.92 Å². The monoisotopic (exact) mass is 359 g/mol. The fourth-order valence-corrected chi connectivity index (χ4v) is 5.11. The molecule has 7 nitrogen and oxygen atoms in total. The molecule has 3 fully saturated rings. The molecule has 26 heavy (non-hydrogen) atoms. The van der Waals surface area contributed by atoms with Crippen LogP contribution in [0.4, 0.5) is 0 Å². The lowest BCUT2D eigenvalue weighted by Crippen LogP contribution is -2.58. The van der Waals surface area contributed by atoms with E-state index in [1.54, 1.807) is 6.07 Å². The summed E-state index contributed by atoms with van der Waals surface area (Å²) in [6.07, 6.45) is 1.33. The first-order valence-corrected chi connectivity index (χ1v) is 9.10. The van der Waals surface area contributed by atoms with Gasteiger partial charge in [-0.15, -0.1) is 0 Å². The van der Waals surface area contributed by atoms with E-state index in [0.717, 1.165) is 18.4 Å². The first-order valence-electron chi connectivity index (χ1n) is 9.10. The molecule has 3 heterocycles. The van der Waals surface area contributed by atoms with Gasteiger partial charge in [0.25, 0.3) is 0 Å². The number of ether oxygens (including phenoxy) is 1. The molecule has 0 spiro atoms. The van der Waals surface area contributed by atoms with E-state index < -0.39 is 12.0 Å². The van der Waals surface area contributed by atoms with Crippen molar-refractivity contribution in [3.63, 3.8) is 0 Å². The highest BCUT2D eigenvalue weighted by molar-refractivity contribution is 5.92. The number of rotatable bonds is 5. The maximum atomic E-state index is 12.5. The molecule has 3 bridgehead atoms. The maximum absolute atomic E-state index is 12.5. The van der Waals surface area contributed by atoms with Crippen molar-refractivity contribution in [2.45, 2.75) is 43.6 Å². The molecule has 4 rings (SSSR count). The summed E-state index contributed by atoms with van der Waals surface area (Å²) in [4.78, 5) is 28.0. The van der Waals surface area contributed by atoms with Gasteiger partial charge in [0.2, 0.25) is 11.8 Å². The molecule has 0 aliphatic carbocycles. The Labute approximate surface area is 152 Å². The lowest BCUT2D eigenvalue weighted by atomic mass is 9.86. The molecule has 1 aromatic rings. The van der Waals surface area contributed by atoms with Crippen LogP contribution >= 0.6 is 0 Å².